The highest BCUT2D eigenvalue weighted by atomic mass is 32.2. The van der Waals surface area contributed by atoms with Gasteiger partial charge in [-0.3, -0.25) is 0 Å². The second-order valence-electron chi connectivity index (χ2n) is 6.50. The van der Waals surface area contributed by atoms with Crippen molar-refractivity contribution in [2.45, 2.75) is 29.5 Å². The number of hydrogen-bond donors (Lipinski definition) is 1. The van der Waals surface area contributed by atoms with Crippen LogP contribution in [0.1, 0.15) is 29.5 Å². The molecule has 1 aromatic heterocycles. The highest BCUT2D eigenvalue weighted by Crippen LogP contribution is 2.47. The summed E-state index contributed by atoms with van der Waals surface area (Å²) in [5.74, 6) is -0.411. The van der Waals surface area contributed by atoms with Gasteiger partial charge in [-0.1, -0.05) is 18.2 Å². The van der Waals surface area contributed by atoms with Crippen LogP contribution in [0.2, 0.25) is 0 Å². The van der Waals surface area contributed by atoms with Crippen LogP contribution in [-0.2, 0) is 15.6 Å². The number of sulfonamides is 1. The van der Waals surface area contributed by atoms with Gasteiger partial charge in [0.1, 0.15) is 10.0 Å². The minimum atomic E-state index is -3.79. The molecular weight excluding hydrogens is 371 g/mol. The molecule has 0 bridgehead atoms. The largest absolute Gasteiger partial charge is 0.251 e. The summed E-state index contributed by atoms with van der Waals surface area (Å²) in [5, 5.41) is 9.28. The maximum absolute atomic E-state index is 14.1. The third-order valence-corrected chi connectivity index (χ3v) is 8.16. The predicted molar refractivity (Wildman–Crippen MR) is 98.9 cm³/mol. The molecule has 0 aliphatic heterocycles. The molecule has 1 aliphatic rings. The first-order valence-electron chi connectivity index (χ1n) is 8.08. The molecule has 1 aliphatic carbocycles. The number of benzene rings is 2. The zero-order valence-electron chi connectivity index (χ0n) is 13.9. The number of aryl methyl sites for hydroxylation is 1. The zero-order chi connectivity index (χ0) is 18.5. The molecule has 1 heterocycles. The fourth-order valence-corrected chi connectivity index (χ4v) is 6.45. The number of fused-ring (bicyclic) bond motifs is 1. The fourth-order valence-electron chi connectivity index (χ4n) is 3.23. The molecule has 0 saturated heterocycles. The van der Waals surface area contributed by atoms with Gasteiger partial charge >= 0.3 is 0 Å². The van der Waals surface area contributed by atoms with Crippen LogP contribution in [0.4, 0.5) is 4.39 Å². The highest BCUT2D eigenvalue weighted by Gasteiger charge is 2.48. The Kier molecular flexibility index (Phi) is 3.88. The topological polar surface area (TPSA) is 70.0 Å². The monoisotopic (exact) mass is 386 g/mol. The number of rotatable bonds is 4. The lowest BCUT2D eigenvalue weighted by Gasteiger charge is -2.18. The first kappa shape index (κ1) is 17.2. The van der Waals surface area contributed by atoms with Crippen LogP contribution in [0.15, 0.2) is 46.7 Å². The molecule has 1 N–H and O–H groups in total. The van der Waals surface area contributed by atoms with Crippen molar-refractivity contribution in [3.05, 3.63) is 65.0 Å². The molecule has 4 rings (SSSR count). The van der Waals surface area contributed by atoms with Crippen molar-refractivity contribution in [3.8, 4) is 6.07 Å². The van der Waals surface area contributed by atoms with Gasteiger partial charge in [0.05, 0.1) is 17.2 Å². The van der Waals surface area contributed by atoms with Gasteiger partial charge < -0.3 is 0 Å². The summed E-state index contributed by atoms with van der Waals surface area (Å²) in [5.41, 5.74) is 1.16. The van der Waals surface area contributed by atoms with Crippen LogP contribution in [0.25, 0.3) is 10.1 Å². The third-order valence-electron chi connectivity index (χ3n) is 4.75. The average molecular weight is 386 g/mol. The Bertz CT molecular complexity index is 1150. The Labute approximate surface area is 154 Å². The first-order chi connectivity index (χ1) is 12.4. The molecule has 132 valence electrons. The first-order valence-corrected chi connectivity index (χ1v) is 10.4. The SMILES string of the molecule is Cc1c(S(=O)(=O)NC2(c3ccc(C#N)cc3)CC2)sc2cccc(F)c12. The van der Waals surface area contributed by atoms with Crippen molar-refractivity contribution in [1.82, 2.24) is 4.72 Å². The van der Waals surface area contributed by atoms with Gasteiger partial charge in [-0.2, -0.15) is 9.98 Å². The van der Waals surface area contributed by atoms with Crippen molar-refractivity contribution >= 4 is 31.4 Å². The van der Waals surface area contributed by atoms with E-state index < -0.39 is 21.4 Å². The van der Waals surface area contributed by atoms with Crippen molar-refractivity contribution < 1.29 is 12.8 Å². The lowest BCUT2D eigenvalue weighted by atomic mass is 10.0. The van der Waals surface area contributed by atoms with Crippen molar-refractivity contribution in [1.29, 1.82) is 5.26 Å². The second-order valence-corrected chi connectivity index (χ2v) is 9.43. The lowest BCUT2D eigenvalue weighted by molar-refractivity contribution is 0.553. The summed E-state index contributed by atoms with van der Waals surface area (Å²) in [6.07, 6.45) is 1.38. The molecule has 0 amide bonds. The summed E-state index contributed by atoms with van der Waals surface area (Å²) >= 11 is 1.08. The number of nitriles is 1. The van der Waals surface area contributed by atoms with E-state index in [2.05, 4.69) is 10.8 Å². The number of nitrogens with zero attached hydrogens (tertiary/aromatic N) is 1. The van der Waals surface area contributed by atoms with Gasteiger partial charge in [-0.25, -0.2) is 12.8 Å². The summed E-state index contributed by atoms with van der Waals surface area (Å²) in [6, 6.07) is 13.6. The van der Waals surface area contributed by atoms with E-state index in [1.54, 1.807) is 43.3 Å². The Balaban J connectivity index is 1.73. The van der Waals surface area contributed by atoms with Crippen LogP contribution < -0.4 is 4.72 Å². The number of hydrogen-bond acceptors (Lipinski definition) is 4. The van der Waals surface area contributed by atoms with Crippen molar-refractivity contribution in [2.24, 2.45) is 0 Å². The number of nitrogens with one attached hydrogen (secondary N) is 1. The van der Waals surface area contributed by atoms with Crippen LogP contribution >= 0.6 is 11.3 Å². The molecule has 4 nitrogen and oxygen atoms in total. The summed E-state index contributed by atoms with van der Waals surface area (Å²) in [7, 11) is -3.79. The van der Waals surface area contributed by atoms with Gasteiger partial charge in [0, 0.05) is 10.1 Å². The van der Waals surface area contributed by atoms with Gasteiger partial charge in [0.15, 0.2) is 0 Å². The Morgan fingerprint density at radius 1 is 1.19 bits per heavy atom. The van der Waals surface area contributed by atoms with Crippen molar-refractivity contribution in [3.63, 3.8) is 0 Å². The minimum absolute atomic E-state index is 0.150. The van der Waals surface area contributed by atoms with Crippen LogP contribution in [0, 0.1) is 24.1 Å². The van der Waals surface area contributed by atoms with E-state index in [0.29, 0.717) is 34.1 Å². The normalized spacial score (nSPS) is 15.7. The van der Waals surface area contributed by atoms with E-state index in [-0.39, 0.29) is 4.21 Å². The van der Waals surface area contributed by atoms with Gasteiger partial charge in [0.25, 0.3) is 10.0 Å². The standard InChI is InChI=1S/C19H15FN2O2S2/c1-12-17-15(20)3-2-4-16(17)25-18(12)26(23,24)22-19(9-10-19)14-7-5-13(11-21)6-8-14/h2-8,22H,9-10H2,1H3. The number of thiophene rings is 1. The molecule has 0 spiro atoms. The van der Waals surface area contributed by atoms with Crippen LogP contribution in [0.3, 0.4) is 0 Å². The Morgan fingerprint density at radius 2 is 1.88 bits per heavy atom. The molecule has 26 heavy (non-hydrogen) atoms. The molecule has 1 saturated carbocycles. The number of halogens is 1. The highest BCUT2D eigenvalue weighted by molar-refractivity contribution is 7.91. The maximum atomic E-state index is 14.1. The fraction of sp³-hybridized carbons (Fsp3) is 0.211. The van der Waals surface area contributed by atoms with Crippen molar-refractivity contribution in [2.75, 3.05) is 0 Å². The molecule has 3 aromatic rings. The molecule has 7 heteroatoms. The summed E-state index contributed by atoms with van der Waals surface area (Å²) < 4.78 is 43.7. The lowest BCUT2D eigenvalue weighted by Crippen LogP contribution is -2.34. The minimum Gasteiger partial charge on any atom is -0.206 e. The van der Waals surface area contributed by atoms with Gasteiger partial charge in [0.2, 0.25) is 0 Å². The quantitative estimate of drug-likeness (QED) is 0.731. The average Bonchev–Trinajstić information content (AvgIpc) is 3.30. The van der Waals surface area contributed by atoms with E-state index in [1.165, 1.54) is 6.07 Å². The molecule has 0 radical (unpaired) electrons. The Hall–Kier alpha value is -2.27. The van der Waals surface area contributed by atoms with E-state index in [9.17, 15) is 12.8 Å². The molecule has 0 atom stereocenters. The van der Waals surface area contributed by atoms with Gasteiger partial charge in [-0.05, 0) is 55.2 Å². The Morgan fingerprint density at radius 3 is 2.46 bits per heavy atom. The van der Waals surface area contributed by atoms with E-state index in [4.69, 9.17) is 5.26 Å². The van der Waals surface area contributed by atoms with E-state index in [1.807, 2.05) is 0 Å². The smallest absolute Gasteiger partial charge is 0.206 e. The third kappa shape index (κ3) is 2.71. The molecular formula is C19H15FN2O2S2. The van der Waals surface area contributed by atoms with Crippen LogP contribution in [0.5, 0.6) is 0 Å². The summed E-state index contributed by atoms with van der Waals surface area (Å²) in [4.78, 5) is 0. The predicted octanol–water partition coefficient (Wildman–Crippen LogP) is 4.19. The summed E-state index contributed by atoms with van der Waals surface area (Å²) in [6.45, 7) is 1.64. The molecule has 1 fully saturated rings. The molecule has 0 unspecified atom stereocenters. The second kappa shape index (κ2) is 5.88. The zero-order valence-corrected chi connectivity index (χ0v) is 15.5. The van der Waals surface area contributed by atoms with Gasteiger partial charge in [-0.15, -0.1) is 11.3 Å². The van der Waals surface area contributed by atoms with E-state index in [0.717, 1.165) is 16.9 Å². The van der Waals surface area contributed by atoms with Crippen LogP contribution in [-0.4, -0.2) is 8.42 Å². The maximum Gasteiger partial charge on any atom is 0.251 e. The molecule has 2 aromatic carbocycles. The van der Waals surface area contributed by atoms with E-state index >= 15 is 0 Å².